The van der Waals surface area contributed by atoms with Gasteiger partial charge in [-0.25, -0.2) is 4.39 Å². The number of nitrogens with one attached hydrogen (secondary N) is 2. The molecule has 0 bridgehead atoms. The van der Waals surface area contributed by atoms with Gasteiger partial charge in [0.15, 0.2) is 0 Å². The summed E-state index contributed by atoms with van der Waals surface area (Å²) in [7, 11) is 0. The average molecular weight is 333 g/mol. The molecule has 2 aliphatic rings. The van der Waals surface area contributed by atoms with Crippen molar-refractivity contribution >= 4 is 5.91 Å². The van der Waals surface area contributed by atoms with Gasteiger partial charge in [0.2, 0.25) is 5.91 Å². The van der Waals surface area contributed by atoms with E-state index in [1.165, 1.54) is 12.1 Å². The van der Waals surface area contributed by atoms with Gasteiger partial charge in [0.05, 0.1) is 5.41 Å². The highest BCUT2D eigenvalue weighted by molar-refractivity contribution is 5.88. The Morgan fingerprint density at radius 2 is 1.83 bits per heavy atom. The molecule has 3 rings (SSSR count). The van der Waals surface area contributed by atoms with Crippen molar-refractivity contribution in [2.45, 2.75) is 37.5 Å². The highest BCUT2D eigenvalue weighted by atomic mass is 19.1. The van der Waals surface area contributed by atoms with Crippen LogP contribution in [0.4, 0.5) is 4.39 Å². The second kappa shape index (κ2) is 8.08. The average Bonchev–Trinajstić information content (AvgIpc) is 3.11. The van der Waals surface area contributed by atoms with Crippen molar-refractivity contribution in [3.05, 3.63) is 35.6 Å². The summed E-state index contributed by atoms with van der Waals surface area (Å²) in [4.78, 5) is 15.3. The summed E-state index contributed by atoms with van der Waals surface area (Å²) in [6.45, 7) is 6.04. The lowest BCUT2D eigenvalue weighted by Gasteiger charge is -2.29. The first-order chi connectivity index (χ1) is 11.7. The van der Waals surface area contributed by atoms with Crippen molar-refractivity contribution < 1.29 is 9.18 Å². The number of nitrogens with zero attached hydrogens (tertiary/aromatic N) is 1. The second-order valence-electron chi connectivity index (χ2n) is 7.00. The van der Waals surface area contributed by atoms with E-state index in [9.17, 15) is 9.18 Å². The lowest BCUT2D eigenvalue weighted by molar-refractivity contribution is -0.126. The molecule has 1 heterocycles. The van der Waals surface area contributed by atoms with E-state index in [4.69, 9.17) is 0 Å². The molecule has 4 nitrogen and oxygen atoms in total. The van der Waals surface area contributed by atoms with Gasteiger partial charge in [0.25, 0.3) is 0 Å². The maximum atomic E-state index is 13.2. The second-order valence-corrected chi connectivity index (χ2v) is 7.00. The minimum Gasteiger partial charge on any atom is -0.355 e. The number of benzene rings is 1. The van der Waals surface area contributed by atoms with Gasteiger partial charge < -0.3 is 15.5 Å². The standard InChI is InChI=1S/C19H28FN3O/c20-17-6-4-16(5-7-17)19(8-1-2-9-19)18(24)22-10-3-13-23-14-11-21-12-15-23/h4-7,21H,1-3,8-15H2,(H,22,24). The third-order valence-corrected chi connectivity index (χ3v) is 5.43. The number of carbonyl (C=O) groups excluding carboxylic acids is 1. The fraction of sp³-hybridized carbons (Fsp3) is 0.632. The van der Waals surface area contributed by atoms with Crippen LogP contribution in [-0.2, 0) is 10.2 Å². The van der Waals surface area contributed by atoms with Gasteiger partial charge in [-0.2, -0.15) is 0 Å². The molecule has 2 N–H and O–H groups in total. The van der Waals surface area contributed by atoms with Gasteiger partial charge in [-0.05, 0) is 43.5 Å². The first-order valence-electron chi connectivity index (χ1n) is 9.18. The molecule has 0 atom stereocenters. The van der Waals surface area contributed by atoms with E-state index >= 15 is 0 Å². The van der Waals surface area contributed by atoms with Gasteiger partial charge in [-0.3, -0.25) is 4.79 Å². The van der Waals surface area contributed by atoms with E-state index in [2.05, 4.69) is 15.5 Å². The molecule has 1 saturated heterocycles. The van der Waals surface area contributed by atoms with E-state index in [1.807, 2.05) is 0 Å². The molecule has 0 aromatic heterocycles. The normalized spacial score (nSPS) is 20.9. The molecule has 5 heteroatoms. The number of amides is 1. The Bertz CT molecular complexity index is 534. The molecule has 2 fully saturated rings. The van der Waals surface area contributed by atoms with Gasteiger partial charge in [-0.15, -0.1) is 0 Å². The summed E-state index contributed by atoms with van der Waals surface area (Å²) in [5, 5.41) is 6.49. The molecule has 1 aromatic rings. The molecule has 1 amide bonds. The minimum absolute atomic E-state index is 0.118. The van der Waals surface area contributed by atoms with Crippen molar-refractivity contribution in [2.75, 3.05) is 39.3 Å². The van der Waals surface area contributed by atoms with Crippen molar-refractivity contribution in [2.24, 2.45) is 0 Å². The van der Waals surface area contributed by atoms with E-state index in [-0.39, 0.29) is 11.7 Å². The quantitative estimate of drug-likeness (QED) is 0.783. The Hall–Kier alpha value is -1.46. The first-order valence-corrected chi connectivity index (χ1v) is 9.18. The van der Waals surface area contributed by atoms with E-state index in [0.717, 1.165) is 70.4 Å². The maximum absolute atomic E-state index is 13.2. The zero-order valence-electron chi connectivity index (χ0n) is 14.3. The summed E-state index contributed by atoms with van der Waals surface area (Å²) in [6, 6.07) is 6.49. The van der Waals surface area contributed by atoms with E-state index in [1.54, 1.807) is 12.1 Å². The third-order valence-electron chi connectivity index (χ3n) is 5.43. The van der Waals surface area contributed by atoms with E-state index < -0.39 is 5.41 Å². The van der Waals surface area contributed by atoms with Crippen LogP contribution in [-0.4, -0.2) is 50.1 Å². The molecule has 0 unspecified atom stereocenters. The molecular weight excluding hydrogens is 305 g/mol. The number of piperazine rings is 1. The Balaban J connectivity index is 1.54. The minimum atomic E-state index is -0.456. The van der Waals surface area contributed by atoms with Gasteiger partial charge in [0, 0.05) is 32.7 Å². The Kier molecular flexibility index (Phi) is 5.85. The van der Waals surface area contributed by atoms with Crippen molar-refractivity contribution in [3.63, 3.8) is 0 Å². The fourth-order valence-corrected chi connectivity index (χ4v) is 4.00. The molecule has 1 aromatic carbocycles. The molecule has 1 aliphatic carbocycles. The van der Waals surface area contributed by atoms with Crippen LogP contribution in [0.15, 0.2) is 24.3 Å². The predicted molar refractivity (Wildman–Crippen MR) is 93.5 cm³/mol. The number of halogens is 1. The molecule has 1 saturated carbocycles. The fourth-order valence-electron chi connectivity index (χ4n) is 4.00. The van der Waals surface area contributed by atoms with Crippen molar-refractivity contribution in [3.8, 4) is 0 Å². The molecular formula is C19H28FN3O. The number of hydrogen-bond acceptors (Lipinski definition) is 3. The first kappa shape index (κ1) is 17.4. The maximum Gasteiger partial charge on any atom is 0.230 e. The smallest absolute Gasteiger partial charge is 0.230 e. The third kappa shape index (κ3) is 3.95. The van der Waals surface area contributed by atoms with Gasteiger partial charge >= 0.3 is 0 Å². The summed E-state index contributed by atoms with van der Waals surface area (Å²) >= 11 is 0. The van der Waals surface area contributed by atoms with Crippen LogP contribution in [0.25, 0.3) is 0 Å². The van der Waals surface area contributed by atoms with Crippen molar-refractivity contribution in [1.82, 2.24) is 15.5 Å². The molecule has 0 radical (unpaired) electrons. The monoisotopic (exact) mass is 333 g/mol. The highest BCUT2D eigenvalue weighted by Crippen LogP contribution is 2.41. The topological polar surface area (TPSA) is 44.4 Å². The van der Waals surface area contributed by atoms with Gasteiger partial charge in [-0.1, -0.05) is 25.0 Å². The summed E-state index contributed by atoms with van der Waals surface area (Å²) in [6.07, 6.45) is 4.83. The van der Waals surface area contributed by atoms with Crippen LogP contribution < -0.4 is 10.6 Å². The number of rotatable bonds is 6. The van der Waals surface area contributed by atoms with Crippen LogP contribution in [0, 0.1) is 5.82 Å². The Morgan fingerprint density at radius 1 is 1.17 bits per heavy atom. The van der Waals surface area contributed by atoms with Crippen LogP contribution in [0.1, 0.15) is 37.7 Å². The summed E-state index contributed by atoms with van der Waals surface area (Å²) in [5.74, 6) is -0.129. The van der Waals surface area contributed by atoms with Gasteiger partial charge in [0.1, 0.15) is 5.82 Å². The summed E-state index contributed by atoms with van der Waals surface area (Å²) < 4.78 is 13.2. The predicted octanol–water partition coefficient (Wildman–Crippen LogP) is 2.05. The Morgan fingerprint density at radius 3 is 2.50 bits per heavy atom. The largest absolute Gasteiger partial charge is 0.355 e. The number of hydrogen-bond donors (Lipinski definition) is 2. The summed E-state index contributed by atoms with van der Waals surface area (Å²) in [5.41, 5.74) is 0.504. The lowest BCUT2D eigenvalue weighted by Crippen LogP contribution is -2.45. The van der Waals surface area contributed by atoms with Crippen LogP contribution in [0.5, 0.6) is 0 Å². The highest BCUT2D eigenvalue weighted by Gasteiger charge is 2.42. The molecule has 132 valence electrons. The zero-order valence-corrected chi connectivity index (χ0v) is 14.3. The Labute approximate surface area is 143 Å². The van der Waals surface area contributed by atoms with Crippen LogP contribution >= 0.6 is 0 Å². The lowest BCUT2D eigenvalue weighted by atomic mass is 9.78. The van der Waals surface area contributed by atoms with Crippen LogP contribution in [0.3, 0.4) is 0 Å². The number of carbonyl (C=O) groups is 1. The molecule has 0 spiro atoms. The zero-order chi connectivity index (χ0) is 16.8. The molecule has 24 heavy (non-hydrogen) atoms. The van der Waals surface area contributed by atoms with E-state index in [0.29, 0.717) is 6.54 Å². The SMILES string of the molecule is O=C(NCCCN1CCNCC1)C1(c2ccc(F)cc2)CCCC1. The van der Waals surface area contributed by atoms with Crippen LogP contribution in [0.2, 0.25) is 0 Å². The molecule has 1 aliphatic heterocycles. The van der Waals surface area contributed by atoms with Crippen molar-refractivity contribution in [1.29, 1.82) is 0 Å².